The first-order valence-corrected chi connectivity index (χ1v) is 11.3. The average Bonchev–Trinajstić information content (AvgIpc) is 3.23. The zero-order valence-electron chi connectivity index (χ0n) is 17.7. The van der Waals surface area contributed by atoms with Gasteiger partial charge in [0.05, 0.1) is 6.54 Å². The van der Waals surface area contributed by atoms with Crippen molar-refractivity contribution < 1.29 is 4.79 Å². The normalized spacial score (nSPS) is 20.3. The molecule has 8 heteroatoms. The average molecular weight is 421 g/mol. The third kappa shape index (κ3) is 4.11. The smallest absolute Gasteiger partial charge is 0.281 e. The van der Waals surface area contributed by atoms with E-state index in [1.807, 2.05) is 35.2 Å². The Morgan fingerprint density at radius 3 is 2.68 bits per heavy atom. The van der Waals surface area contributed by atoms with Crippen molar-refractivity contribution in [2.45, 2.75) is 57.4 Å². The monoisotopic (exact) mass is 420 g/mol. The van der Waals surface area contributed by atoms with Crippen molar-refractivity contribution in [2.24, 2.45) is 5.92 Å². The number of carbonyl (C=O) groups is 1. The number of nitrogens with zero attached hydrogens (tertiary/aromatic N) is 5. The van der Waals surface area contributed by atoms with Gasteiger partial charge in [0.2, 0.25) is 5.91 Å². The number of rotatable bonds is 4. The Balaban J connectivity index is 1.39. The van der Waals surface area contributed by atoms with E-state index in [-0.39, 0.29) is 28.8 Å². The van der Waals surface area contributed by atoms with Gasteiger partial charge in [0.1, 0.15) is 5.82 Å². The zero-order chi connectivity index (χ0) is 21.2. The highest BCUT2D eigenvalue weighted by Gasteiger charge is 2.31. The first kappa shape index (κ1) is 19.9. The van der Waals surface area contributed by atoms with Crippen LogP contribution in [0.3, 0.4) is 0 Å². The highest BCUT2D eigenvalue weighted by molar-refractivity contribution is 5.79. The minimum absolute atomic E-state index is 0.0264. The van der Waals surface area contributed by atoms with Crippen molar-refractivity contribution in [1.29, 1.82) is 0 Å². The van der Waals surface area contributed by atoms with E-state index < -0.39 is 0 Å². The number of piperidine rings is 1. The van der Waals surface area contributed by atoms with E-state index >= 15 is 0 Å². The van der Waals surface area contributed by atoms with E-state index in [1.54, 1.807) is 4.68 Å². The van der Waals surface area contributed by atoms with Crippen LogP contribution in [0.15, 0.2) is 35.1 Å². The lowest BCUT2D eigenvalue weighted by atomic mass is 9.87. The molecule has 3 heterocycles. The van der Waals surface area contributed by atoms with Gasteiger partial charge in [0.25, 0.3) is 5.56 Å². The van der Waals surface area contributed by atoms with Crippen molar-refractivity contribution in [2.75, 3.05) is 13.1 Å². The number of nitrogens with one attached hydrogen (secondary N) is 1. The number of fused-ring (bicyclic) bond motifs is 1. The fourth-order valence-corrected chi connectivity index (χ4v) is 4.95. The summed E-state index contributed by atoms with van der Waals surface area (Å²) < 4.78 is 1.68. The van der Waals surface area contributed by atoms with E-state index in [9.17, 15) is 9.59 Å². The molecule has 1 saturated heterocycles. The van der Waals surface area contributed by atoms with Crippen LogP contribution in [-0.2, 0) is 11.3 Å². The van der Waals surface area contributed by atoms with Gasteiger partial charge in [-0.1, -0.05) is 54.8 Å². The topological polar surface area (TPSA) is 96.8 Å². The van der Waals surface area contributed by atoms with Crippen molar-refractivity contribution >= 4 is 17.1 Å². The molecule has 5 rings (SSSR count). The summed E-state index contributed by atoms with van der Waals surface area (Å²) in [5, 5.41) is 8.21. The molecule has 1 saturated carbocycles. The zero-order valence-corrected chi connectivity index (χ0v) is 17.7. The Morgan fingerprint density at radius 2 is 1.87 bits per heavy atom. The van der Waals surface area contributed by atoms with Gasteiger partial charge in [-0.3, -0.25) is 9.59 Å². The van der Waals surface area contributed by atoms with Gasteiger partial charge < -0.3 is 9.88 Å². The molecule has 0 bridgehead atoms. The van der Waals surface area contributed by atoms with Gasteiger partial charge in [-0.15, -0.1) is 5.10 Å². The molecular formula is C23H28N6O2. The van der Waals surface area contributed by atoms with E-state index in [1.165, 1.54) is 6.42 Å². The lowest BCUT2D eigenvalue weighted by Crippen LogP contribution is -2.43. The second-order valence-corrected chi connectivity index (χ2v) is 8.81. The van der Waals surface area contributed by atoms with Crippen molar-refractivity contribution in [1.82, 2.24) is 29.9 Å². The van der Waals surface area contributed by atoms with Gasteiger partial charge in [-0.25, -0.2) is 9.67 Å². The van der Waals surface area contributed by atoms with Crippen LogP contribution in [0, 0.1) is 5.92 Å². The summed E-state index contributed by atoms with van der Waals surface area (Å²) >= 11 is 0. The number of hydrogen-bond donors (Lipinski definition) is 1. The molecule has 2 aromatic heterocycles. The summed E-state index contributed by atoms with van der Waals surface area (Å²) in [5.41, 5.74) is 1.55. The largest absolute Gasteiger partial charge is 0.342 e. The number of likely N-dealkylation sites (tertiary alicyclic amines) is 1. The predicted octanol–water partition coefficient (Wildman–Crippen LogP) is 2.85. The van der Waals surface area contributed by atoms with Crippen LogP contribution in [0.5, 0.6) is 0 Å². The Morgan fingerprint density at radius 1 is 1.06 bits per heavy atom. The lowest BCUT2D eigenvalue weighted by molar-refractivity contribution is -0.137. The van der Waals surface area contributed by atoms with E-state index in [0.29, 0.717) is 24.6 Å². The first-order chi connectivity index (χ1) is 15.2. The summed E-state index contributed by atoms with van der Waals surface area (Å²) in [5.74, 6) is 1.11. The van der Waals surface area contributed by atoms with Crippen molar-refractivity contribution in [3.05, 3.63) is 52.1 Å². The highest BCUT2D eigenvalue weighted by Crippen LogP contribution is 2.30. The molecular weight excluding hydrogens is 392 g/mol. The maximum absolute atomic E-state index is 13.0. The molecule has 1 aliphatic carbocycles. The Kier molecular flexibility index (Phi) is 5.53. The van der Waals surface area contributed by atoms with Gasteiger partial charge in [-0.05, 0) is 31.2 Å². The third-order valence-corrected chi connectivity index (χ3v) is 6.64. The standard InChI is InChI=1S/C23H28N6O2/c30-22-19-21(29(27-26-19)14-16-8-3-1-4-9-16)24-20(25-22)18-12-7-13-28(15-18)23(31)17-10-5-2-6-11-17/h1,3-4,8-9,17-18H,2,5-7,10-15H2,(H,24,25,30). The molecule has 1 amide bonds. The number of hydrogen-bond acceptors (Lipinski definition) is 5. The summed E-state index contributed by atoms with van der Waals surface area (Å²) in [6, 6.07) is 9.93. The van der Waals surface area contributed by atoms with Crippen LogP contribution in [0.25, 0.3) is 11.2 Å². The van der Waals surface area contributed by atoms with E-state index in [0.717, 1.165) is 50.6 Å². The molecule has 8 nitrogen and oxygen atoms in total. The maximum atomic E-state index is 13.0. The number of H-pyrrole nitrogens is 1. The Hall–Kier alpha value is -3.03. The van der Waals surface area contributed by atoms with Crippen LogP contribution in [0.2, 0.25) is 0 Å². The van der Waals surface area contributed by atoms with Crippen LogP contribution < -0.4 is 5.56 Å². The predicted molar refractivity (Wildman–Crippen MR) is 117 cm³/mol. The molecule has 1 aliphatic heterocycles. The Labute approximate surface area is 180 Å². The molecule has 2 fully saturated rings. The fraction of sp³-hybridized carbons (Fsp3) is 0.522. The molecule has 0 radical (unpaired) electrons. The molecule has 1 aromatic carbocycles. The molecule has 0 spiro atoms. The van der Waals surface area contributed by atoms with Crippen molar-refractivity contribution in [3.63, 3.8) is 0 Å². The number of amides is 1. The second kappa shape index (κ2) is 8.61. The molecule has 1 atom stereocenters. The van der Waals surface area contributed by atoms with Crippen LogP contribution in [0.1, 0.15) is 62.3 Å². The minimum Gasteiger partial charge on any atom is -0.342 e. The molecule has 1 unspecified atom stereocenters. The molecule has 2 aliphatic rings. The van der Waals surface area contributed by atoms with Crippen LogP contribution in [0.4, 0.5) is 0 Å². The first-order valence-electron chi connectivity index (χ1n) is 11.3. The molecule has 3 aromatic rings. The SMILES string of the molecule is O=C(C1CCCCC1)N1CCCC(c2nc3c(nnn3Cc3ccccc3)c(=O)[nH]2)C1. The summed E-state index contributed by atoms with van der Waals surface area (Å²) in [4.78, 5) is 35.4. The van der Waals surface area contributed by atoms with Crippen molar-refractivity contribution in [3.8, 4) is 0 Å². The number of aromatic nitrogens is 5. The molecule has 1 N–H and O–H groups in total. The van der Waals surface area contributed by atoms with E-state index in [4.69, 9.17) is 4.98 Å². The summed E-state index contributed by atoms with van der Waals surface area (Å²) in [6.45, 7) is 1.92. The lowest BCUT2D eigenvalue weighted by Gasteiger charge is -2.35. The fourth-order valence-electron chi connectivity index (χ4n) is 4.95. The maximum Gasteiger partial charge on any atom is 0.281 e. The quantitative estimate of drug-likeness (QED) is 0.700. The summed E-state index contributed by atoms with van der Waals surface area (Å²) in [7, 11) is 0. The van der Waals surface area contributed by atoms with Crippen LogP contribution >= 0.6 is 0 Å². The minimum atomic E-state index is -0.268. The second-order valence-electron chi connectivity index (χ2n) is 8.81. The Bertz CT molecular complexity index is 1120. The summed E-state index contributed by atoms with van der Waals surface area (Å²) in [6.07, 6.45) is 7.38. The third-order valence-electron chi connectivity index (χ3n) is 6.64. The number of carbonyl (C=O) groups excluding carboxylic acids is 1. The van der Waals surface area contributed by atoms with Crippen LogP contribution in [-0.4, -0.2) is 48.9 Å². The van der Waals surface area contributed by atoms with Gasteiger partial charge in [0.15, 0.2) is 11.2 Å². The highest BCUT2D eigenvalue weighted by atomic mass is 16.2. The van der Waals surface area contributed by atoms with Gasteiger partial charge in [-0.2, -0.15) is 0 Å². The molecule has 31 heavy (non-hydrogen) atoms. The van der Waals surface area contributed by atoms with Gasteiger partial charge >= 0.3 is 0 Å². The van der Waals surface area contributed by atoms with E-state index in [2.05, 4.69) is 15.3 Å². The molecule has 162 valence electrons. The van der Waals surface area contributed by atoms with Gasteiger partial charge in [0, 0.05) is 24.9 Å². The number of aromatic amines is 1. The number of benzene rings is 1.